The molecule has 0 saturated heterocycles. The van der Waals surface area contributed by atoms with Gasteiger partial charge < -0.3 is 5.11 Å². The lowest BCUT2D eigenvalue weighted by molar-refractivity contribution is -0.207. The fourth-order valence-corrected chi connectivity index (χ4v) is 2.15. The molecule has 1 aromatic rings. The van der Waals surface area contributed by atoms with Crippen LogP contribution in [-0.2, 0) is 12.8 Å². The molecule has 18 heavy (non-hydrogen) atoms. The van der Waals surface area contributed by atoms with Gasteiger partial charge in [-0.1, -0.05) is 44.9 Å². The highest BCUT2D eigenvalue weighted by molar-refractivity contribution is 5.37. The number of alkyl halides is 3. The number of halogens is 3. The van der Waals surface area contributed by atoms with Crippen molar-refractivity contribution in [3.05, 3.63) is 34.9 Å². The Kier molecular flexibility index (Phi) is 5.20. The zero-order chi connectivity index (χ0) is 13.8. The Hall–Kier alpha value is -1.03. The summed E-state index contributed by atoms with van der Waals surface area (Å²) in [5.74, 6) is 0. The van der Waals surface area contributed by atoms with E-state index < -0.39 is 12.3 Å². The molecule has 4 heteroatoms. The summed E-state index contributed by atoms with van der Waals surface area (Å²) in [7, 11) is 0. The molecule has 0 heterocycles. The maximum Gasteiger partial charge on any atom is 0.418 e. The van der Waals surface area contributed by atoms with Crippen LogP contribution in [0.4, 0.5) is 13.2 Å². The molecule has 1 nitrogen and oxygen atoms in total. The van der Waals surface area contributed by atoms with Crippen LogP contribution in [0, 0.1) is 0 Å². The summed E-state index contributed by atoms with van der Waals surface area (Å²) in [6.45, 7) is 3.91. The molecule has 0 aliphatic heterocycles. The molecule has 0 saturated carbocycles. The monoisotopic (exact) mass is 260 g/mol. The lowest BCUT2D eigenvalue weighted by Crippen LogP contribution is -2.22. The predicted octanol–water partition coefficient (Wildman–Crippen LogP) is 4.19. The second-order valence-corrected chi connectivity index (χ2v) is 4.43. The fraction of sp³-hybridized carbons (Fsp3) is 0.571. The maximum absolute atomic E-state index is 12.6. The summed E-state index contributed by atoms with van der Waals surface area (Å²) in [4.78, 5) is 0. The van der Waals surface area contributed by atoms with Crippen molar-refractivity contribution in [1.29, 1.82) is 0 Å². The Labute approximate surface area is 106 Å². The van der Waals surface area contributed by atoms with Gasteiger partial charge in [-0.2, -0.15) is 13.2 Å². The molecule has 0 radical (unpaired) electrons. The van der Waals surface area contributed by atoms with E-state index in [2.05, 4.69) is 0 Å². The minimum absolute atomic E-state index is 0.00954. The number of hydrogen-bond donors (Lipinski definition) is 1. The van der Waals surface area contributed by atoms with Gasteiger partial charge in [0.25, 0.3) is 0 Å². The molecule has 0 aromatic heterocycles. The smallest absolute Gasteiger partial charge is 0.379 e. The Morgan fingerprint density at radius 3 is 2.22 bits per heavy atom. The van der Waals surface area contributed by atoms with Crippen molar-refractivity contribution in [3.8, 4) is 0 Å². The molecule has 0 bridgehead atoms. The second-order valence-electron chi connectivity index (χ2n) is 4.43. The van der Waals surface area contributed by atoms with Gasteiger partial charge in [0.2, 0.25) is 0 Å². The van der Waals surface area contributed by atoms with Crippen molar-refractivity contribution in [2.24, 2.45) is 0 Å². The minimum atomic E-state index is -4.60. The van der Waals surface area contributed by atoms with Crippen LogP contribution in [0.25, 0.3) is 0 Å². The predicted molar refractivity (Wildman–Crippen MR) is 65.4 cm³/mol. The number of benzene rings is 1. The molecule has 0 aliphatic carbocycles. The van der Waals surface area contributed by atoms with E-state index in [4.69, 9.17) is 0 Å². The summed E-state index contributed by atoms with van der Waals surface area (Å²) in [6.07, 6.45) is -4.03. The number of aryl methyl sites for hydroxylation is 1. The molecule has 1 unspecified atom stereocenters. The molecule has 1 atom stereocenters. The van der Waals surface area contributed by atoms with Crippen LogP contribution in [-0.4, -0.2) is 11.3 Å². The Morgan fingerprint density at radius 2 is 1.72 bits per heavy atom. The highest BCUT2D eigenvalue weighted by Gasteiger charge is 2.40. The molecule has 0 amide bonds. The topological polar surface area (TPSA) is 20.2 Å². The van der Waals surface area contributed by atoms with Crippen molar-refractivity contribution in [3.63, 3.8) is 0 Å². The van der Waals surface area contributed by atoms with Crippen LogP contribution in [0.15, 0.2) is 18.2 Å². The summed E-state index contributed by atoms with van der Waals surface area (Å²) in [6, 6.07) is 4.82. The lowest BCUT2D eigenvalue weighted by Gasteiger charge is -2.20. The normalized spacial score (nSPS) is 13.7. The summed E-state index contributed by atoms with van der Waals surface area (Å²) in [5.41, 5.74) is 1.59. The number of aliphatic hydroxyl groups excluding tert-OH is 1. The summed E-state index contributed by atoms with van der Waals surface area (Å²) in [5, 5.41) is 9.43. The van der Waals surface area contributed by atoms with Crippen LogP contribution >= 0.6 is 0 Å². The van der Waals surface area contributed by atoms with E-state index in [1.165, 1.54) is 6.07 Å². The van der Waals surface area contributed by atoms with Crippen LogP contribution in [0.2, 0.25) is 0 Å². The molecule has 1 rings (SSSR count). The first kappa shape index (κ1) is 15.0. The van der Waals surface area contributed by atoms with E-state index in [0.717, 1.165) is 24.8 Å². The van der Waals surface area contributed by atoms with E-state index in [0.29, 0.717) is 12.0 Å². The first-order chi connectivity index (χ1) is 8.41. The SMILES string of the molecule is CCCc1cccc(C(O)C(F)(F)F)c1CCC. The van der Waals surface area contributed by atoms with Crippen molar-refractivity contribution in [1.82, 2.24) is 0 Å². The Morgan fingerprint density at radius 1 is 1.11 bits per heavy atom. The van der Waals surface area contributed by atoms with Crippen molar-refractivity contribution >= 4 is 0 Å². The number of hydrogen-bond acceptors (Lipinski definition) is 1. The van der Waals surface area contributed by atoms with Crippen molar-refractivity contribution in [2.45, 2.75) is 51.8 Å². The standard InChI is InChI=1S/C14H19F3O/c1-3-6-10-8-5-9-12(11(10)7-4-2)13(18)14(15,16)17/h5,8-9,13,18H,3-4,6-7H2,1-2H3. The average Bonchev–Trinajstić information content (AvgIpc) is 2.30. The van der Waals surface area contributed by atoms with Crippen LogP contribution < -0.4 is 0 Å². The van der Waals surface area contributed by atoms with E-state index in [1.54, 1.807) is 6.07 Å². The molecule has 102 valence electrons. The zero-order valence-corrected chi connectivity index (χ0v) is 10.7. The molecular weight excluding hydrogens is 241 g/mol. The van der Waals surface area contributed by atoms with E-state index in [-0.39, 0.29) is 5.56 Å². The molecule has 0 spiro atoms. The molecule has 0 fully saturated rings. The third-order valence-electron chi connectivity index (χ3n) is 2.93. The Bertz CT molecular complexity index is 385. The molecular formula is C14H19F3O. The van der Waals surface area contributed by atoms with Gasteiger partial charge in [0.15, 0.2) is 6.10 Å². The van der Waals surface area contributed by atoms with Gasteiger partial charge in [-0.25, -0.2) is 0 Å². The van der Waals surface area contributed by atoms with E-state index >= 15 is 0 Å². The highest BCUT2D eigenvalue weighted by Crippen LogP contribution is 2.35. The minimum Gasteiger partial charge on any atom is -0.379 e. The third-order valence-corrected chi connectivity index (χ3v) is 2.93. The molecule has 1 aromatic carbocycles. The van der Waals surface area contributed by atoms with Crippen molar-refractivity contribution < 1.29 is 18.3 Å². The lowest BCUT2D eigenvalue weighted by atomic mass is 9.91. The number of rotatable bonds is 5. The number of aliphatic hydroxyl groups is 1. The van der Waals surface area contributed by atoms with Crippen LogP contribution in [0.1, 0.15) is 49.5 Å². The van der Waals surface area contributed by atoms with Gasteiger partial charge in [-0.3, -0.25) is 0 Å². The second kappa shape index (κ2) is 6.23. The van der Waals surface area contributed by atoms with Gasteiger partial charge in [0, 0.05) is 0 Å². The average molecular weight is 260 g/mol. The van der Waals surface area contributed by atoms with Crippen molar-refractivity contribution in [2.75, 3.05) is 0 Å². The van der Waals surface area contributed by atoms with E-state index in [1.807, 2.05) is 19.9 Å². The highest BCUT2D eigenvalue weighted by atomic mass is 19.4. The van der Waals surface area contributed by atoms with Crippen LogP contribution in [0.3, 0.4) is 0 Å². The summed E-state index contributed by atoms with van der Waals surface area (Å²) < 4.78 is 37.9. The van der Waals surface area contributed by atoms with Gasteiger partial charge >= 0.3 is 6.18 Å². The van der Waals surface area contributed by atoms with Gasteiger partial charge in [0.05, 0.1) is 0 Å². The quantitative estimate of drug-likeness (QED) is 0.841. The van der Waals surface area contributed by atoms with Gasteiger partial charge in [-0.05, 0) is 29.5 Å². The summed E-state index contributed by atoms with van der Waals surface area (Å²) >= 11 is 0. The van der Waals surface area contributed by atoms with E-state index in [9.17, 15) is 18.3 Å². The fourth-order valence-electron chi connectivity index (χ4n) is 2.15. The third kappa shape index (κ3) is 3.48. The van der Waals surface area contributed by atoms with Gasteiger partial charge in [-0.15, -0.1) is 0 Å². The molecule has 1 N–H and O–H groups in total. The van der Waals surface area contributed by atoms with Gasteiger partial charge in [0.1, 0.15) is 0 Å². The molecule has 0 aliphatic rings. The zero-order valence-electron chi connectivity index (χ0n) is 10.7. The van der Waals surface area contributed by atoms with Crippen LogP contribution in [0.5, 0.6) is 0 Å². The first-order valence-corrected chi connectivity index (χ1v) is 6.27. The largest absolute Gasteiger partial charge is 0.418 e. The maximum atomic E-state index is 12.6. The first-order valence-electron chi connectivity index (χ1n) is 6.27. The Balaban J connectivity index is 3.21.